The third-order valence-electron chi connectivity index (χ3n) is 3.52. The third-order valence-corrected chi connectivity index (χ3v) is 3.52. The van der Waals surface area contributed by atoms with Gasteiger partial charge in [0.15, 0.2) is 0 Å². The molecule has 2 aromatic carbocycles. The van der Waals surface area contributed by atoms with Crippen molar-refractivity contribution in [2.75, 3.05) is 5.32 Å². The molecule has 1 amide bonds. The number of allylic oxidation sites excluding steroid dienone is 1. The van der Waals surface area contributed by atoms with E-state index in [1.807, 2.05) is 18.2 Å². The second kappa shape index (κ2) is 6.89. The molecule has 0 aliphatic heterocycles. The van der Waals surface area contributed by atoms with Crippen LogP contribution in [0.4, 0.5) is 5.69 Å². The van der Waals surface area contributed by atoms with Gasteiger partial charge in [-0.05, 0) is 36.6 Å². The van der Waals surface area contributed by atoms with E-state index in [0.717, 1.165) is 12.1 Å². The fraction of sp³-hybridized carbons (Fsp3) is 0.211. The molecule has 0 fully saturated rings. The highest BCUT2D eigenvalue weighted by Gasteiger charge is 2.12. The zero-order valence-electron chi connectivity index (χ0n) is 12.6. The number of rotatable bonds is 5. The number of carbonyl (C=O) groups is 1. The van der Waals surface area contributed by atoms with Crippen LogP contribution >= 0.6 is 0 Å². The van der Waals surface area contributed by atoms with Crippen LogP contribution in [0.5, 0.6) is 0 Å². The maximum absolute atomic E-state index is 11.1. The second-order valence-electron chi connectivity index (χ2n) is 5.29. The highest BCUT2D eigenvalue weighted by Crippen LogP contribution is 2.29. The summed E-state index contributed by atoms with van der Waals surface area (Å²) in [4.78, 5) is 11.1. The van der Waals surface area contributed by atoms with Crippen LogP contribution in [0.1, 0.15) is 36.0 Å². The molecule has 21 heavy (non-hydrogen) atoms. The first kappa shape index (κ1) is 15.0. The van der Waals surface area contributed by atoms with Gasteiger partial charge in [0.05, 0.1) is 0 Å². The zero-order chi connectivity index (χ0) is 15.2. The molecule has 0 radical (unpaired) electrons. The zero-order valence-corrected chi connectivity index (χ0v) is 12.6. The van der Waals surface area contributed by atoms with Gasteiger partial charge in [0.2, 0.25) is 5.91 Å². The van der Waals surface area contributed by atoms with E-state index >= 15 is 0 Å². The van der Waals surface area contributed by atoms with Gasteiger partial charge >= 0.3 is 0 Å². The largest absolute Gasteiger partial charge is 0.326 e. The summed E-state index contributed by atoms with van der Waals surface area (Å²) in [5.74, 6) is 0.249. The Bertz CT molecular complexity index is 611. The normalized spacial score (nSPS) is 11.7. The lowest BCUT2D eigenvalue weighted by molar-refractivity contribution is -0.114. The molecular weight excluding hydrogens is 258 g/mol. The molecule has 2 heteroatoms. The Kier molecular flexibility index (Phi) is 4.94. The molecule has 0 aromatic heterocycles. The van der Waals surface area contributed by atoms with Gasteiger partial charge < -0.3 is 5.32 Å². The van der Waals surface area contributed by atoms with E-state index in [1.54, 1.807) is 0 Å². The smallest absolute Gasteiger partial charge is 0.221 e. The summed E-state index contributed by atoms with van der Waals surface area (Å²) in [7, 11) is 0. The van der Waals surface area contributed by atoms with Crippen LogP contribution < -0.4 is 5.32 Å². The van der Waals surface area contributed by atoms with E-state index in [1.165, 1.54) is 23.6 Å². The van der Waals surface area contributed by atoms with Crippen LogP contribution in [0.3, 0.4) is 0 Å². The molecule has 0 spiro atoms. The van der Waals surface area contributed by atoms with Gasteiger partial charge in [0.25, 0.3) is 0 Å². The summed E-state index contributed by atoms with van der Waals surface area (Å²) in [6.45, 7) is 7.48. The highest BCUT2D eigenvalue weighted by atomic mass is 16.1. The van der Waals surface area contributed by atoms with Crippen LogP contribution in [0, 0.1) is 6.92 Å². The van der Waals surface area contributed by atoms with E-state index in [-0.39, 0.29) is 5.91 Å². The van der Waals surface area contributed by atoms with Gasteiger partial charge in [-0.1, -0.05) is 48.0 Å². The van der Waals surface area contributed by atoms with Crippen molar-refractivity contribution in [3.63, 3.8) is 0 Å². The van der Waals surface area contributed by atoms with Gasteiger partial charge in [-0.25, -0.2) is 0 Å². The summed E-state index contributed by atoms with van der Waals surface area (Å²) in [6, 6.07) is 16.6. The number of anilines is 1. The van der Waals surface area contributed by atoms with Crippen molar-refractivity contribution >= 4 is 11.6 Å². The fourth-order valence-electron chi connectivity index (χ4n) is 2.43. The van der Waals surface area contributed by atoms with Crippen LogP contribution in [-0.4, -0.2) is 5.91 Å². The quantitative estimate of drug-likeness (QED) is 0.792. The van der Waals surface area contributed by atoms with E-state index < -0.39 is 0 Å². The topological polar surface area (TPSA) is 29.1 Å². The molecule has 2 aromatic rings. The first-order chi connectivity index (χ1) is 10.1. The fourth-order valence-corrected chi connectivity index (χ4v) is 2.43. The number of nitrogens with one attached hydrogen (secondary N) is 1. The molecule has 108 valence electrons. The molecule has 0 saturated carbocycles. The Labute approximate surface area is 126 Å². The van der Waals surface area contributed by atoms with Crippen molar-refractivity contribution in [3.8, 4) is 0 Å². The van der Waals surface area contributed by atoms with E-state index in [9.17, 15) is 4.79 Å². The van der Waals surface area contributed by atoms with Crippen LogP contribution in [-0.2, 0) is 4.79 Å². The number of hydrogen-bond acceptors (Lipinski definition) is 1. The molecule has 2 nitrogen and oxygen atoms in total. The first-order valence-corrected chi connectivity index (χ1v) is 7.15. The average molecular weight is 279 g/mol. The van der Waals surface area contributed by atoms with Crippen LogP contribution in [0.2, 0.25) is 0 Å². The SMILES string of the molecule is C=CCC(c1ccc(C)cc1)c1ccc(NC(C)=O)cc1. The minimum Gasteiger partial charge on any atom is -0.326 e. The van der Waals surface area contributed by atoms with Crippen molar-refractivity contribution in [3.05, 3.63) is 77.9 Å². The van der Waals surface area contributed by atoms with E-state index in [4.69, 9.17) is 0 Å². The summed E-state index contributed by atoms with van der Waals surface area (Å²) < 4.78 is 0. The van der Waals surface area contributed by atoms with Crippen molar-refractivity contribution in [1.82, 2.24) is 0 Å². The predicted molar refractivity (Wildman–Crippen MR) is 88.6 cm³/mol. The Morgan fingerprint density at radius 1 is 1.10 bits per heavy atom. The van der Waals surface area contributed by atoms with Gasteiger partial charge in [-0.3, -0.25) is 4.79 Å². The molecule has 0 aliphatic carbocycles. The van der Waals surface area contributed by atoms with Crippen molar-refractivity contribution in [2.24, 2.45) is 0 Å². The summed E-state index contributed by atoms with van der Waals surface area (Å²) >= 11 is 0. The van der Waals surface area contributed by atoms with Crippen molar-refractivity contribution < 1.29 is 4.79 Å². The Morgan fingerprint density at radius 3 is 2.10 bits per heavy atom. The monoisotopic (exact) mass is 279 g/mol. The first-order valence-electron chi connectivity index (χ1n) is 7.15. The Morgan fingerprint density at radius 2 is 1.62 bits per heavy atom. The maximum Gasteiger partial charge on any atom is 0.221 e. The lowest BCUT2D eigenvalue weighted by atomic mass is 9.88. The average Bonchev–Trinajstić information content (AvgIpc) is 2.46. The third kappa shape index (κ3) is 4.06. The van der Waals surface area contributed by atoms with Gasteiger partial charge in [0, 0.05) is 18.5 Å². The predicted octanol–water partition coefficient (Wildman–Crippen LogP) is 4.66. The lowest BCUT2D eigenvalue weighted by Crippen LogP contribution is -2.06. The van der Waals surface area contributed by atoms with Gasteiger partial charge in [-0.15, -0.1) is 6.58 Å². The van der Waals surface area contributed by atoms with Gasteiger partial charge in [-0.2, -0.15) is 0 Å². The van der Waals surface area contributed by atoms with Gasteiger partial charge in [0.1, 0.15) is 0 Å². The molecule has 1 unspecified atom stereocenters. The van der Waals surface area contributed by atoms with Crippen molar-refractivity contribution in [1.29, 1.82) is 0 Å². The molecular formula is C19H21NO. The van der Waals surface area contributed by atoms with E-state index in [2.05, 4.69) is 55.2 Å². The van der Waals surface area contributed by atoms with E-state index in [0.29, 0.717) is 5.92 Å². The minimum atomic E-state index is -0.0519. The number of aryl methyl sites for hydroxylation is 1. The molecule has 0 aliphatic rings. The number of benzene rings is 2. The Hall–Kier alpha value is -2.35. The number of hydrogen-bond donors (Lipinski definition) is 1. The van der Waals surface area contributed by atoms with Crippen molar-refractivity contribution in [2.45, 2.75) is 26.2 Å². The minimum absolute atomic E-state index is 0.0519. The highest BCUT2D eigenvalue weighted by molar-refractivity contribution is 5.88. The molecule has 2 rings (SSSR count). The molecule has 1 atom stereocenters. The number of carbonyl (C=O) groups excluding carboxylic acids is 1. The van der Waals surface area contributed by atoms with Crippen LogP contribution in [0.25, 0.3) is 0 Å². The lowest BCUT2D eigenvalue weighted by Gasteiger charge is -2.17. The standard InChI is InChI=1S/C19H21NO/c1-4-5-19(16-8-6-14(2)7-9-16)17-10-12-18(13-11-17)20-15(3)21/h4,6-13,19H,1,5H2,2-3H3,(H,20,21). The summed E-state index contributed by atoms with van der Waals surface area (Å²) in [5.41, 5.74) is 4.60. The summed E-state index contributed by atoms with van der Waals surface area (Å²) in [5, 5.41) is 2.79. The second-order valence-corrected chi connectivity index (χ2v) is 5.29. The molecule has 0 heterocycles. The van der Waals surface area contributed by atoms with Crippen LogP contribution in [0.15, 0.2) is 61.2 Å². The maximum atomic E-state index is 11.1. The molecule has 1 N–H and O–H groups in total. The number of amides is 1. The summed E-state index contributed by atoms with van der Waals surface area (Å²) in [6.07, 6.45) is 2.84. The molecule has 0 saturated heterocycles. The Balaban J connectivity index is 2.27. The molecule has 0 bridgehead atoms.